The summed E-state index contributed by atoms with van der Waals surface area (Å²) < 4.78 is 33.8. The number of thiophene rings is 1. The Hall–Kier alpha value is -3.38. The van der Waals surface area contributed by atoms with Gasteiger partial charge in [0.25, 0.3) is 11.5 Å². The van der Waals surface area contributed by atoms with E-state index in [1.165, 1.54) is 22.8 Å². The van der Waals surface area contributed by atoms with Gasteiger partial charge >= 0.3 is 0 Å². The Kier molecular flexibility index (Phi) is 7.20. The second kappa shape index (κ2) is 10.5. The highest BCUT2D eigenvalue weighted by Crippen LogP contribution is 2.28. The van der Waals surface area contributed by atoms with Gasteiger partial charge in [0.2, 0.25) is 10.0 Å². The summed E-state index contributed by atoms with van der Waals surface area (Å²) in [7, 11) is -3.62. The van der Waals surface area contributed by atoms with E-state index in [0.29, 0.717) is 65.6 Å². The standard InChI is InChI=1S/C26H26N4O5S2/c1-18-22-25(27-17-29(26(22)32)12-11-19-5-3-2-4-6-19)36-23(18)24(31)28-20-7-9-21(10-8-20)37(33,34)30-13-15-35-16-14-30/h2-10,17H,11-16H2,1H3,(H,28,31). The van der Waals surface area contributed by atoms with Crippen LogP contribution in [0.15, 0.2) is 70.6 Å². The van der Waals surface area contributed by atoms with Gasteiger partial charge in [0.15, 0.2) is 0 Å². The van der Waals surface area contributed by atoms with E-state index in [-0.39, 0.29) is 16.4 Å². The third-order valence-electron chi connectivity index (χ3n) is 6.33. The van der Waals surface area contributed by atoms with Crippen LogP contribution in [0, 0.1) is 6.92 Å². The zero-order valence-electron chi connectivity index (χ0n) is 20.2. The molecule has 1 saturated heterocycles. The van der Waals surface area contributed by atoms with Crippen molar-refractivity contribution in [3.8, 4) is 0 Å². The number of benzene rings is 2. The van der Waals surface area contributed by atoms with Gasteiger partial charge < -0.3 is 10.1 Å². The Morgan fingerprint density at radius 2 is 1.78 bits per heavy atom. The van der Waals surface area contributed by atoms with E-state index in [1.54, 1.807) is 23.6 Å². The normalized spacial score (nSPS) is 14.6. The highest BCUT2D eigenvalue weighted by molar-refractivity contribution is 7.89. The molecule has 2 aromatic heterocycles. The summed E-state index contributed by atoms with van der Waals surface area (Å²) in [6.45, 7) is 3.60. The van der Waals surface area contributed by atoms with E-state index in [4.69, 9.17) is 4.74 Å². The van der Waals surface area contributed by atoms with Crippen LogP contribution in [-0.2, 0) is 27.7 Å². The number of hydrogen-bond donors (Lipinski definition) is 1. The van der Waals surface area contributed by atoms with E-state index in [9.17, 15) is 18.0 Å². The first-order valence-corrected chi connectivity index (χ1v) is 14.1. The summed E-state index contributed by atoms with van der Waals surface area (Å²) in [5, 5.41) is 3.25. The van der Waals surface area contributed by atoms with Gasteiger partial charge in [-0.25, -0.2) is 13.4 Å². The molecule has 1 aliphatic rings. The van der Waals surface area contributed by atoms with Gasteiger partial charge in [-0.15, -0.1) is 11.3 Å². The molecule has 4 aromatic rings. The molecule has 0 atom stereocenters. The maximum Gasteiger partial charge on any atom is 0.266 e. The summed E-state index contributed by atoms with van der Waals surface area (Å²) in [5.74, 6) is -0.375. The second-order valence-corrected chi connectivity index (χ2v) is 11.6. The number of fused-ring (bicyclic) bond motifs is 1. The average Bonchev–Trinajstić information content (AvgIpc) is 3.27. The van der Waals surface area contributed by atoms with Gasteiger partial charge in [-0.3, -0.25) is 14.2 Å². The molecule has 1 amide bonds. The first-order chi connectivity index (χ1) is 17.8. The zero-order valence-corrected chi connectivity index (χ0v) is 21.8. The van der Waals surface area contributed by atoms with Gasteiger partial charge in [-0.2, -0.15) is 4.31 Å². The van der Waals surface area contributed by atoms with Crippen molar-refractivity contribution in [2.24, 2.45) is 0 Å². The molecule has 0 unspecified atom stereocenters. The molecule has 3 heterocycles. The number of aromatic nitrogens is 2. The number of nitrogens with zero attached hydrogens (tertiary/aromatic N) is 3. The van der Waals surface area contributed by atoms with Crippen molar-refractivity contribution in [3.05, 3.63) is 87.3 Å². The molecule has 0 aliphatic carbocycles. The number of carbonyl (C=O) groups is 1. The summed E-state index contributed by atoms with van der Waals surface area (Å²) in [6, 6.07) is 16.0. The van der Waals surface area contributed by atoms with Gasteiger partial charge in [0, 0.05) is 25.3 Å². The van der Waals surface area contributed by atoms with Crippen LogP contribution in [0.4, 0.5) is 5.69 Å². The SMILES string of the molecule is Cc1c(C(=O)Nc2ccc(S(=O)(=O)N3CCOCC3)cc2)sc2ncn(CCc3ccccc3)c(=O)c12. The fourth-order valence-electron chi connectivity index (χ4n) is 4.26. The minimum Gasteiger partial charge on any atom is -0.379 e. The number of rotatable bonds is 7. The van der Waals surface area contributed by atoms with Crippen molar-refractivity contribution in [2.75, 3.05) is 31.6 Å². The number of anilines is 1. The predicted molar refractivity (Wildman–Crippen MR) is 143 cm³/mol. The lowest BCUT2D eigenvalue weighted by molar-refractivity contribution is 0.0730. The van der Waals surface area contributed by atoms with E-state index < -0.39 is 10.0 Å². The van der Waals surface area contributed by atoms with Gasteiger partial charge in [-0.1, -0.05) is 30.3 Å². The van der Waals surface area contributed by atoms with E-state index in [2.05, 4.69) is 10.3 Å². The average molecular weight is 539 g/mol. The lowest BCUT2D eigenvalue weighted by atomic mass is 10.1. The van der Waals surface area contributed by atoms with Crippen LogP contribution in [0.25, 0.3) is 10.2 Å². The molecular weight excluding hydrogens is 512 g/mol. The van der Waals surface area contributed by atoms with Crippen molar-refractivity contribution >= 4 is 43.2 Å². The maximum absolute atomic E-state index is 13.2. The molecule has 0 radical (unpaired) electrons. The fraction of sp³-hybridized carbons (Fsp3) is 0.269. The molecule has 0 bridgehead atoms. The Balaban J connectivity index is 1.33. The smallest absolute Gasteiger partial charge is 0.266 e. The Morgan fingerprint density at radius 1 is 1.08 bits per heavy atom. The van der Waals surface area contributed by atoms with Crippen molar-refractivity contribution in [1.82, 2.24) is 13.9 Å². The van der Waals surface area contributed by atoms with Crippen molar-refractivity contribution in [3.63, 3.8) is 0 Å². The molecule has 2 aromatic carbocycles. The third kappa shape index (κ3) is 5.21. The lowest BCUT2D eigenvalue weighted by Gasteiger charge is -2.26. The Morgan fingerprint density at radius 3 is 2.49 bits per heavy atom. The monoisotopic (exact) mass is 538 g/mol. The minimum absolute atomic E-state index is 0.158. The van der Waals surface area contributed by atoms with Crippen molar-refractivity contribution in [1.29, 1.82) is 0 Å². The van der Waals surface area contributed by atoms with Gasteiger partial charge in [0.1, 0.15) is 4.83 Å². The largest absolute Gasteiger partial charge is 0.379 e. The Labute approximate surface area is 218 Å². The second-order valence-electron chi connectivity index (χ2n) is 8.71. The summed E-state index contributed by atoms with van der Waals surface area (Å²) in [6.07, 6.45) is 2.22. The van der Waals surface area contributed by atoms with Crippen LogP contribution >= 0.6 is 11.3 Å². The van der Waals surface area contributed by atoms with Crippen molar-refractivity contribution < 1.29 is 17.9 Å². The van der Waals surface area contributed by atoms with E-state index in [1.807, 2.05) is 30.3 Å². The number of carbonyl (C=O) groups excluding carboxylic acids is 1. The van der Waals surface area contributed by atoms with Crippen LogP contribution in [-0.4, -0.2) is 54.5 Å². The number of hydrogen-bond acceptors (Lipinski definition) is 7. The van der Waals surface area contributed by atoms with E-state index >= 15 is 0 Å². The number of ether oxygens (including phenoxy) is 1. The van der Waals surface area contributed by atoms with Crippen LogP contribution < -0.4 is 10.9 Å². The quantitative estimate of drug-likeness (QED) is 0.387. The molecule has 192 valence electrons. The molecule has 11 heteroatoms. The topological polar surface area (TPSA) is 111 Å². The number of morpholine rings is 1. The molecule has 0 spiro atoms. The molecule has 1 N–H and O–H groups in total. The number of aryl methyl sites for hydroxylation is 3. The van der Waals surface area contributed by atoms with Crippen molar-refractivity contribution in [2.45, 2.75) is 24.8 Å². The third-order valence-corrected chi connectivity index (χ3v) is 9.44. The highest BCUT2D eigenvalue weighted by Gasteiger charge is 2.26. The minimum atomic E-state index is -3.62. The molecule has 37 heavy (non-hydrogen) atoms. The Bertz CT molecular complexity index is 1590. The highest BCUT2D eigenvalue weighted by atomic mass is 32.2. The van der Waals surface area contributed by atoms with Crippen LogP contribution in [0.5, 0.6) is 0 Å². The van der Waals surface area contributed by atoms with Crippen LogP contribution in [0.2, 0.25) is 0 Å². The summed E-state index contributed by atoms with van der Waals surface area (Å²) >= 11 is 1.16. The predicted octanol–water partition coefficient (Wildman–Crippen LogP) is 3.28. The summed E-state index contributed by atoms with van der Waals surface area (Å²) in [4.78, 5) is 31.7. The molecular formula is C26H26N4O5S2. The first kappa shape index (κ1) is 25.3. The van der Waals surface area contributed by atoms with Crippen LogP contribution in [0.1, 0.15) is 20.8 Å². The molecule has 1 aliphatic heterocycles. The molecule has 1 fully saturated rings. The summed E-state index contributed by atoms with van der Waals surface area (Å²) in [5.41, 5.74) is 1.98. The van der Waals surface area contributed by atoms with E-state index in [0.717, 1.165) is 16.9 Å². The molecule has 5 rings (SSSR count). The number of nitrogens with one attached hydrogen (secondary N) is 1. The zero-order chi connectivity index (χ0) is 26.0. The van der Waals surface area contributed by atoms with Gasteiger partial charge in [0.05, 0.1) is 34.7 Å². The number of sulfonamides is 1. The fourth-order valence-corrected chi connectivity index (χ4v) is 6.71. The van der Waals surface area contributed by atoms with Crippen LogP contribution in [0.3, 0.4) is 0 Å². The number of amides is 1. The van der Waals surface area contributed by atoms with Gasteiger partial charge in [-0.05, 0) is 48.7 Å². The lowest BCUT2D eigenvalue weighted by Crippen LogP contribution is -2.40. The molecule has 9 nitrogen and oxygen atoms in total. The molecule has 0 saturated carbocycles. The maximum atomic E-state index is 13.2. The first-order valence-electron chi connectivity index (χ1n) is 11.9.